The van der Waals surface area contributed by atoms with Crippen LogP contribution in [0, 0.1) is 0 Å². The number of carbonyl (C=O) groups is 2. The fourth-order valence-electron chi connectivity index (χ4n) is 4.59. The van der Waals surface area contributed by atoms with Crippen molar-refractivity contribution >= 4 is 40.3 Å². The van der Waals surface area contributed by atoms with Crippen LogP contribution < -0.4 is 14.4 Å². The summed E-state index contributed by atoms with van der Waals surface area (Å²) in [7, 11) is 4.51. The third-order valence-corrected chi connectivity index (χ3v) is 7.37. The summed E-state index contributed by atoms with van der Waals surface area (Å²) in [5.74, 6) is 2.25. The summed E-state index contributed by atoms with van der Waals surface area (Å²) >= 11 is 1.05. The summed E-state index contributed by atoms with van der Waals surface area (Å²) in [6, 6.07) is 11.9. The van der Waals surface area contributed by atoms with Gasteiger partial charge in [0.25, 0.3) is 0 Å². The lowest BCUT2D eigenvalue weighted by Gasteiger charge is -2.35. The van der Waals surface area contributed by atoms with E-state index in [0.29, 0.717) is 23.8 Å². The molecule has 2 aromatic carbocycles. The first-order valence-corrected chi connectivity index (χ1v) is 12.9. The molecule has 0 aromatic heterocycles. The van der Waals surface area contributed by atoms with Crippen LogP contribution in [0.25, 0.3) is 0 Å². The molecule has 0 spiro atoms. The lowest BCUT2D eigenvalue weighted by molar-refractivity contribution is 0.136. The average Bonchev–Trinajstić information content (AvgIpc) is 2.90. The number of fused-ring (bicyclic) bond motifs is 1. The number of rotatable bonds is 5. The van der Waals surface area contributed by atoms with Gasteiger partial charge in [-0.2, -0.15) is 5.10 Å². The van der Waals surface area contributed by atoms with Crippen molar-refractivity contribution in [3.8, 4) is 11.5 Å². The summed E-state index contributed by atoms with van der Waals surface area (Å²) in [6.45, 7) is 7.30. The Morgan fingerprint density at radius 1 is 1.14 bits per heavy atom. The van der Waals surface area contributed by atoms with Gasteiger partial charge in [-0.1, -0.05) is 6.07 Å². The Hall–Kier alpha value is -3.53. The number of amides is 2. The minimum absolute atomic E-state index is 0.460. The van der Waals surface area contributed by atoms with E-state index in [1.54, 1.807) is 14.2 Å². The summed E-state index contributed by atoms with van der Waals surface area (Å²) in [5, 5.41) is 4.75. The zero-order valence-corrected chi connectivity index (χ0v) is 22.8. The van der Waals surface area contributed by atoms with Gasteiger partial charge >= 0.3 is 11.3 Å². The maximum Gasteiger partial charge on any atom is 0.438 e. The smallest absolute Gasteiger partial charge is 0.438 e. The second-order valence-electron chi connectivity index (χ2n) is 9.07. The van der Waals surface area contributed by atoms with E-state index in [2.05, 4.69) is 22.1 Å². The van der Waals surface area contributed by atoms with Crippen LogP contribution in [0.1, 0.15) is 43.9 Å². The molecule has 2 aromatic rings. The van der Waals surface area contributed by atoms with Crippen molar-refractivity contribution in [3.63, 3.8) is 0 Å². The first-order chi connectivity index (χ1) is 17.7. The van der Waals surface area contributed by atoms with Gasteiger partial charge in [-0.3, -0.25) is 9.79 Å². The molecule has 2 heterocycles. The molecule has 9 nitrogen and oxygen atoms in total. The second kappa shape index (κ2) is 10.8. The number of hydrogen-bond donors (Lipinski definition) is 0. The van der Waals surface area contributed by atoms with Crippen LogP contribution in [0.4, 0.5) is 15.3 Å². The third-order valence-electron chi connectivity index (χ3n) is 6.32. The molecule has 0 unspecified atom stereocenters. The van der Waals surface area contributed by atoms with E-state index in [0.717, 1.165) is 64.4 Å². The van der Waals surface area contributed by atoms with Crippen molar-refractivity contribution in [1.29, 1.82) is 0 Å². The van der Waals surface area contributed by atoms with E-state index >= 15 is 0 Å². The number of aliphatic imine (C=N–C) groups is 1. The molecule has 0 saturated carbocycles. The number of carbonyl (C=O) groups excluding carboxylic acids is 2. The fourth-order valence-corrected chi connectivity index (χ4v) is 5.49. The highest BCUT2D eigenvalue weighted by Gasteiger charge is 2.40. The van der Waals surface area contributed by atoms with Gasteiger partial charge in [-0.25, -0.2) is 4.79 Å². The Balaban J connectivity index is 1.76. The van der Waals surface area contributed by atoms with Gasteiger partial charge in [0.15, 0.2) is 0 Å². The number of aryl methyl sites for hydroxylation is 1. The fraction of sp³-hybridized carbons (Fsp3) is 0.407. The Labute approximate surface area is 221 Å². The van der Waals surface area contributed by atoms with E-state index in [4.69, 9.17) is 19.2 Å². The van der Waals surface area contributed by atoms with Crippen molar-refractivity contribution in [2.75, 3.05) is 39.3 Å². The van der Waals surface area contributed by atoms with Gasteiger partial charge < -0.3 is 19.1 Å². The number of hydrazone groups is 1. The molecule has 10 heteroatoms. The lowest BCUT2D eigenvalue weighted by Crippen LogP contribution is -2.43. The predicted octanol–water partition coefficient (Wildman–Crippen LogP) is 5.34. The van der Waals surface area contributed by atoms with Gasteiger partial charge in [0.2, 0.25) is 0 Å². The SMILES string of the molecule is CCN=C(c1ccc(OC)cc1OC)N1CCCc2cc(C3=NN(C(=O)OC)C(=O)SC3(C)C)ccc21. The number of nitrogens with zero attached hydrogens (tertiary/aromatic N) is 4. The van der Waals surface area contributed by atoms with Gasteiger partial charge in [-0.15, -0.1) is 5.01 Å². The van der Waals surface area contributed by atoms with Crippen LogP contribution in [-0.4, -0.2) is 67.1 Å². The summed E-state index contributed by atoms with van der Waals surface area (Å²) in [4.78, 5) is 31.7. The third kappa shape index (κ3) is 5.16. The first kappa shape index (κ1) is 26.5. The first-order valence-electron chi connectivity index (χ1n) is 12.1. The Morgan fingerprint density at radius 3 is 2.59 bits per heavy atom. The van der Waals surface area contributed by atoms with Gasteiger partial charge in [0.1, 0.15) is 17.3 Å². The van der Waals surface area contributed by atoms with Crippen molar-refractivity contribution < 1.29 is 23.8 Å². The molecule has 4 rings (SSSR count). The maximum atomic E-state index is 12.5. The number of amidine groups is 1. The summed E-state index contributed by atoms with van der Waals surface area (Å²) < 4.78 is 15.2. The predicted molar refractivity (Wildman–Crippen MR) is 147 cm³/mol. The van der Waals surface area contributed by atoms with Crippen LogP contribution in [0.15, 0.2) is 46.5 Å². The second-order valence-corrected chi connectivity index (χ2v) is 10.6. The molecule has 2 amide bonds. The zero-order chi connectivity index (χ0) is 26.7. The normalized spacial score (nSPS) is 17.2. The quantitative estimate of drug-likeness (QED) is 0.385. The topological polar surface area (TPSA) is 93.0 Å². The molecule has 2 aliphatic heterocycles. The molecule has 0 N–H and O–H groups in total. The van der Waals surface area contributed by atoms with Crippen LogP contribution in [0.5, 0.6) is 11.5 Å². The van der Waals surface area contributed by atoms with Crippen molar-refractivity contribution in [2.24, 2.45) is 10.1 Å². The van der Waals surface area contributed by atoms with Crippen LogP contribution in [0.3, 0.4) is 0 Å². The highest BCUT2D eigenvalue weighted by Crippen LogP contribution is 2.38. The Bertz CT molecular complexity index is 1270. The van der Waals surface area contributed by atoms with E-state index < -0.39 is 16.1 Å². The number of ether oxygens (including phenoxy) is 3. The molecule has 0 bridgehead atoms. The Kier molecular flexibility index (Phi) is 7.77. The molecule has 0 atom stereocenters. The number of thioether (sulfide) groups is 1. The minimum Gasteiger partial charge on any atom is -0.497 e. The average molecular weight is 525 g/mol. The number of imide groups is 1. The highest BCUT2D eigenvalue weighted by molar-refractivity contribution is 8.15. The molecule has 2 aliphatic rings. The highest BCUT2D eigenvalue weighted by atomic mass is 32.2. The Morgan fingerprint density at radius 2 is 1.92 bits per heavy atom. The largest absolute Gasteiger partial charge is 0.497 e. The molecule has 0 aliphatic carbocycles. The van der Waals surface area contributed by atoms with Crippen molar-refractivity contribution in [2.45, 2.75) is 38.4 Å². The number of methoxy groups -OCH3 is 3. The molecule has 0 saturated heterocycles. The van der Waals surface area contributed by atoms with Crippen molar-refractivity contribution in [3.05, 3.63) is 53.1 Å². The zero-order valence-electron chi connectivity index (χ0n) is 22.0. The molecule has 37 heavy (non-hydrogen) atoms. The lowest BCUT2D eigenvalue weighted by atomic mass is 9.93. The molecule has 196 valence electrons. The van der Waals surface area contributed by atoms with Gasteiger partial charge in [-0.05, 0) is 80.8 Å². The molecule has 0 radical (unpaired) electrons. The molecule has 0 fully saturated rings. The van der Waals surface area contributed by atoms with Crippen LogP contribution in [-0.2, 0) is 11.2 Å². The number of anilines is 1. The summed E-state index contributed by atoms with van der Waals surface area (Å²) in [5.41, 5.74) is 4.59. The monoisotopic (exact) mass is 524 g/mol. The van der Waals surface area contributed by atoms with E-state index in [1.807, 2.05) is 45.0 Å². The van der Waals surface area contributed by atoms with Crippen LogP contribution in [0.2, 0.25) is 0 Å². The van der Waals surface area contributed by atoms with Gasteiger partial charge in [0, 0.05) is 24.8 Å². The van der Waals surface area contributed by atoms with E-state index in [1.165, 1.54) is 7.11 Å². The maximum absolute atomic E-state index is 12.5. The molecular weight excluding hydrogens is 492 g/mol. The summed E-state index contributed by atoms with van der Waals surface area (Å²) in [6.07, 6.45) is 1.03. The van der Waals surface area contributed by atoms with Crippen LogP contribution >= 0.6 is 11.8 Å². The number of benzene rings is 2. The van der Waals surface area contributed by atoms with E-state index in [-0.39, 0.29) is 0 Å². The number of hydrogen-bond acceptors (Lipinski definition) is 8. The van der Waals surface area contributed by atoms with Crippen molar-refractivity contribution in [1.82, 2.24) is 5.01 Å². The standard InChI is InChI=1S/C27H32N4O5S/c1-7-28-24(20-12-11-19(34-4)16-22(20)35-5)30-14-8-9-17-15-18(10-13-21(17)30)23-27(2,3)37-26(33)31(29-23)25(32)36-6/h10-13,15-16H,7-9,14H2,1-6H3. The minimum atomic E-state index is -0.802. The molecular formula is C27H32N4O5S. The van der Waals surface area contributed by atoms with E-state index in [9.17, 15) is 9.59 Å². The van der Waals surface area contributed by atoms with Gasteiger partial charge in [0.05, 0.1) is 37.4 Å².